The summed E-state index contributed by atoms with van der Waals surface area (Å²) in [5.74, 6) is 0.275. The maximum atomic E-state index is 12.4. The molecule has 0 saturated heterocycles. The predicted molar refractivity (Wildman–Crippen MR) is 100 cm³/mol. The van der Waals surface area contributed by atoms with Crippen LogP contribution in [0.2, 0.25) is 0 Å². The van der Waals surface area contributed by atoms with Gasteiger partial charge in [0.15, 0.2) is 6.54 Å². The van der Waals surface area contributed by atoms with E-state index < -0.39 is 0 Å². The number of carbonyl (C=O) groups excluding carboxylic acids is 2. The third-order valence-corrected chi connectivity index (χ3v) is 4.71. The molecule has 2 aromatic rings. The van der Waals surface area contributed by atoms with E-state index in [9.17, 15) is 9.59 Å². The van der Waals surface area contributed by atoms with Gasteiger partial charge in [0.1, 0.15) is 12.3 Å². The lowest BCUT2D eigenvalue weighted by molar-refractivity contribution is -0.884. The second-order valence-corrected chi connectivity index (χ2v) is 6.98. The number of thiophene rings is 1. The first kappa shape index (κ1) is 19.0. The second-order valence-electron chi connectivity index (χ2n) is 5.98. The van der Waals surface area contributed by atoms with Crippen molar-refractivity contribution >= 4 is 34.5 Å². The zero-order valence-corrected chi connectivity index (χ0v) is 15.8. The molecule has 0 saturated carbocycles. The van der Waals surface area contributed by atoms with Gasteiger partial charge in [0, 0.05) is 12.6 Å². The fraction of sp³-hybridized carbons (Fsp3) is 0.333. The molecule has 134 valence electrons. The molecule has 1 aromatic carbocycles. The van der Waals surface area contributed by atoms with Gasteiger partial charge in [-0.1, -0.05) is 0 Å². The molecule has 0 aliphatic rings. The van der Waals surface area contributed by atoms with Gasteiger partial charge in [0.05, 0.1) is 24.7 Å². The molecule has 0 bridgehead atoms. The van der Waals surface area contributed by atoms with Gasteiger partial charge in [-0.3, -0.25) is 9.59 Å². The fourth-order valence-corrected chi connectivity index (χ4v) is 3.50. The van der Waals surface area contributed by atoms with Crippen LogP contribution in [0.5, 0.6) is 5.75 Å². The quantitative estimate of drug-likeness (QED) is 0.702. The van der Waals surface area contributed by atoms with Crippen LogP contribution in [0.1, 0.15) is 17.4 Å². The molecular weight excluding hydrogens is 338 g/mol. The highest BCUT2D eigenvalue weighted by Gasteiger charge is 2.15. The van der Waals surface area contributed by atoms with Crippen molar-refractivity contribution in [1.82, 2.24) is 0 Å². The predicted octanol–water partition coefficient (Wildman–Crippen LogP) is 1.68. The molecule has 1 atom stereocenters. The number of carbonyl (C=O) groups is 2. The highest BCUT2D eigenvalue weighted by Crippen LogP contribution is 2.27. The Balaban J connectivity index is 2.01. The lowest BCUT2D eigenvalue weighted by atomic mass is 10.2. The molecule has 2 rings (SSSR count). The van der Waals surface area contributed by atoms with Gasteiger partial charge in [-0.2, -0.15) is 0 Å². The summed E-state index contributed by atoms with van der Waals surface area (Å²) in [6, 6.07) is 7.22. The van der Waals surface area contributed by atoms with Gasteiger partial charge in [-0.25, -0.2) is 0 Å². The maximum Gasteiger partial charge on any atom is 0.279 e. The molecule has 0 spiro atoms. The topological polar surface area (TPSA) is 71.9 Å². The number of hydrogen-bond donors (Lipinski definition) is 3. The van der Waals surface area contributed by atoms with Crippen LogP contribution in [-0.2, 0) is 16.1 Å². The van der Waals surface area contributed by atoms with Crippen molar-refractivity contribution in [3.8, 4) is 5.75 Å². The van der Waals surface area contributed by atoms with E-state index in [0.717, 1.165) is 11.4 Å². The summed E-state index contributed by atoms with van der Waals surface area (Å²) in [5.41, 5.74) is 2.41. The van der Waals surface area contributed by atoms with Crippen LogP contribution < -0.4 is 20.3 Å². The van der Waals surface area contributed by atoms with Gasteiger partial charge in [-0.05, 0) is 42.1 Å². The summed E-state index contributed by atoms with van der Waals surface area (Å²) < 4.78 is 5.28. The molecule has 1 unspecified atom stereocenters. The van der Waals surface area contributed by atoms with Gasteiger partial charge in [-0.15, -0.1) is 11.3 Å². The minimum Gasteiger partial charge on any atom is -0.495 e. The van der Waals surface area contributed by atoms with E-state index in [1.165, 1.54) is 17.4 Å². The minimum absolute atomic E-state index is 0.106. The summed E-state index contributed by atoms with van der Waals surface area (Å²) in [4.78, 5) is 25.9. The number of methoxy groups -OCH3 is 1. The molecule has 0 aliphatic carbocycles. The van der Waals surface area contributed by atoms with Crippen molar-refractivity contribution < 1.29 is 19.2 Å². The van der Waals surface area contributed by atoms with E-state index >= 15 is 0 Å². The molecule has 0 aliphatic heterocycles. The monoisotopic (exact) mass is 362 g/mol. The third-order valence-electron chi connectivity index (χ3n) is 3.69. The maximum absolute atomic E-state index is 12.4. The van der Waals surface area contributed by atoms with Crippen LogP contribution in [-0.4, -0.2) is 32.5 Å². The molecule has 25 heavy (non-hydrogen) atoms. The Morgan fingerprint density at radius 1 is 1.24 bits per heavy atom. The Kier molecular flexibility index (Phi) is 6.55. The van der Waals surface area contributed by atoms with Crippen LogP contribution in [0.3, 0.4) is 0 Å². The van der Waals surface area contributed by atoms with Crippen molar-refractivity contribution in [2.75, 3.05) is 31.3 Å². The summed E-state index contributed by atoms with van der Waals surface area (Å²) in [6.07, 6.45) is 0. The van der Waals surface area contributed by atoms with Gasteiger partial charge < -0.3 is 20.3 Å². The first-order valence-electron chi connectivity index (χ1n) is 7.98. The van der Waals surface area contributed by atoms with Gasteiger partial charge in [0.2, 0.25) is 5.91 Å². The van der Waals surface area contributed by atoms with Crippen molar-refractivity contribution in [3.05, 3.63) is 40.1 Å². The van der Waals surface area contributed by atoms with Crippen molar-refractivity contribution in [2.45, 2.75) is 20.4 Å². The summed E-state index contributed by atoms with van der Waals surface area (Å²) >= 11 is 1.71. The summed E-state index contributed by atoms with van der Waals surface area (Å²) in [7, 11) is 3.53. The van der Waals surface area contributed by atoms with Crippen LogP contribution >= 0.6 is 11.3 Å². The Hall–Kier alpha value is -2.38. The molecule has 2 amide bonds. The average Bonchev–Trinajstić information content (AvgIpc) is 2.91. The number of hydrogen-bond acceptors (Lipinski definition) is 4. The molecular formula is C18H24N3O3S+. The number of quaternary nitrogens is 1. The highest BCUT2D eigenvalue weighted by atomic mass is 32.1. The number of anilines is 2. The fourth-order valence-electron chi connectivity index (χ4n) is 2.48. The number of ether oxygens (including phenoxy) is 1. The van der Waals surface area contributed by atoms with Crippen molar-refractivity contribution in [1.29, 1.82) is 0 Å². The molecule has 0 radical (unpaired) electrons. The zero-order chi connectivity index (χ0) is 18.4. The largest absolute Gasteiger partial charge is 0.495 e. The minimum atomic E-state index is -0.169. The van der Waals surface area contributed by atoms with Crippen LogP contribution in [0.25, 0.3) is 0 Å². The lowest BCUT2D eigenvalue weighted by Gasteiger charge is -2.15. The molecule has 0 fully saturated rings. The van der Waals surface area contributed by atoms with E-state index in [4.69, 9.17) is 4.74 Å². The zero-order valence-electron chi connectivity index (χ0n) is 14.9. The first-order chi connectivity index (χ1) is 11.9. The van der Waals surface area contributed by atoms with Crippen molar-refractivity contribution in [3.63, 3.8) is 0 Å². The third kappa shape index (κ3) is 5.58. The normalized spacial score (nSPS) is 11.7. The number of likely N-dealkylation sites (N-methyl/N-ethyl adjacent to an activating group) is 1. The standard InChI is InChI=1S/C18H23N3O3S/c1-12-7-8-25-17(12)10-21(3)11-18(23)20-15-9-14(19-13(2)22)5-6-16(15)24-4/h5-9H,10-11H2,1-4H3,(H,19,22)(H,20,23)/p+1. The number of amides is 2. The second kappa shape index (κ2) is 8.64. The molecule has 6 nitrogen and oxygen atoms in total. The number of benzene rings is 1. The number of rotatable bonds is 7. The summed E-state index contributed by atoms with van der Waals surface area (Å²) in [5, 5.41) is 7.63. The number of nitrogens with one attached hydrogen (secondary N) is 3. The SMILES string of the molecule is COc1ccc(NC(C)=O)cc1NC(=O)C[NH+](C)Cc1sccc1C. The highest BCUT2D eigenvalue weighted by molar-refractivity contribution is 7.10. The Morgan fingerprint density at radius 3 is 2.60 bits per heavy atom. The van der Waals surface area contributed by atoms with Crippen molar-refractivity contribution in [2.24, 2.45) is 0 Å². The molecule has 1 aromatic heterocycles. The Bertz CT molecular complexity index is 758. The summed E-state index contributed by atoms with van der Waals surface area (Å²) in [6.45, 7) is 4.66. The Morgan fingerprint density at radius 2 is 2.00 bits per heavy atom. The van der Waals surface area contributed by atoms with E-state index in [0.29, 0.717) is 23.7 Å². The number of aryl methyl sites for hydroxylation is 1. The van der Waals surface area contributed by atoms with Crippen LogP contribution in [0.15, 0.2) is 29.6 Å². The van der Waals surface area contributed by atoms with Gasteiger partial charge in [0.25, 0.3) is 5.91 Å². The van der Waals surface area contributed by atoms with Crippen LogP contribution in [0, 0.1) is 6.92 Å². The lowest BCUT2D eigenvalue weighted by Crippen LogP contribution is -3.08. The van der Waals surface area contributed by atoms with E-state index in [-0.39, 0.29) is 11.8 Å². The smallest absolute Gasteiger partial charge is 0.279 e. The van der Waals surface area contributed by atoms with E-state index in [1.54, 1.807) is 36.6 Å². The molecule has 3 N–H and O–H groups in total. The average molecular weight is 362 g/mol. The van der Waals surface area contributed by atoms with Gasteiger partial charge >= 0.3 is 0 Å². The first-order valence-corrected chi connectivity index (χ1v) is 8.86. The molecule has 7 heteroatoms. The van der Waals surface area contributed by atoms with E-state index in [1.807, 2.05) is 7.05 Å². The van der Waals surface area contributed by atoms with E-state index in [2.05, 4.69) is 29.0 Å². The van der Waals surface area contributed by atoms with Crippen LogP contribution in [0.4, 0.5) is 11.4 Å². The Labute approximate surface area is 151 Å². The molecule has 1 heterocycles.